The number of benzene rings is 2. The van der Waals surface area contributed by atoms with Crippen LogP contribution in [0.15, 0.2) is 53.7 Å². The monoisotopic (exact) mass is 465 g/mol. The smallest absolute Gasteiger partial charge is 0.247 e. The highest BCUT2D eigenvalue weighted by atomic mass is 35.5. The van der Waals surface area contributed by atoms with Gasteiger partial charge < -0.3 is 0 Å². The topological polar surface area (TPSA) is 108 Å². The Morgan fingerprint density at radius 3 is 2.57 bits per heavy atom. The zero-order valence-electron chi connectivity index (χ0n) is 16.3. The van der Waals surface area contributed by atoms with Gasteiger partial charge in [0.25, 0.3) is 0 Å². The molecule has 3 rings (SSSR count). The average molecular weight is 466 g/mol. The van der Waals surface area contributed by atoms with Gasteiger partial charge in [-0.25, -0.2) is 13.5 Å². The summed E-state index contributed by atoms with van der Waals surface area (Å²) in [5.41, 5.74) is 2.25. The van der Waals surface area contributed by atoms with Gasteiger partial charge in [0.15, 0.2) is 0 Å². The first-order chi connectivity index (χ1) is 14.2. The van der Waals surface area contributed by atoms with Crippen LogP contribution in [-0.2, 0) is 20.6 Å². The van der Waals surface area contributed by atoms with Crippen LogP contribution in [0.2, 0.25) is 5.02 Å². The minimum atomic E-state index is -3.65. The zero-order chi connectivity index (χ0) is 21.7. The number of hydrogen-bond donors (Lipinski definition) is 2. The number of nitrogens with one attached hydrogen (secondary N) is 2. The summed E-state index contributed by atoms with van der Waals surface area (Å²) >= 11 is 7.26. The predicted octanol–water partition coefficient (Wildman–Crippen LogP) is 3.46. The van der Waals surface area contributed by atoms with Gasteiger partial charge in [0.2, 0.25) is 27.0 Å². The molecule has 2 aromatic carbocycles. The molecule has 0 aliphatic heterocycles. The Kier molecular flexibility index (Phi) is 7.01. The highest BCUT2D eigenvalue weighted by molar-refractivity contribution is 7.98. The molecule has 30 heavy (non-hydrogen) atoms. The number of amides is 1. The van der Waals surface area contributed by atoms with E-state index in [1.54, 1.807) is 31.2 Å². The number of para-hydroxylation sites is 1. The van der Waals surface area contributed by atoms with Crippen LogP contribution in [-0.4, -0.2) is 42.3 Å². The van der Waals surface area contributed by atoms with E-state index >= 15 is 0 Å². The molecule has 0 aliphatic carbocycles. The van der Waals surface area contributed by atoms with Gasteiger partial charge in [-0.1, -0.05) is 53.7 Å². The summed E-state index contributed by atoms with van der Waals surface area (Å²) in [6.07, 6.45) is 1.06. The first-order valence-corrected chi connectivity index (χ1v) is 12.1. The van der Waals surface area contributed by atoms with Crippen LogP contribution in [0.1, 0.15) is 11.1 Å². The van der Waals surface area contributed by atoms with Gasteiger partial charge in [-0.15, -0.1) is 5.10 Å². The maximum absolute atomic E-state index is 12.5. The third-order valence-electron chi connectivity index (χ3n) is 4.08. The van der Waals surface area contributed by atoms with Crippen molar-refractivity contribution in [2.45, 2.75) is 17.8 Å². The summed E-state index contributed by atoms with van der Waals surface area (Å²) in [5.74, 6) is 0.253. The second-order valence-corrected chi connectivity index (χ2v) is 9.77. The number of halogens is 1. The number of aromatic amines is 1. The van der Waals surface area contributed by atoms with Gasteiger partial charge in [-0.3, -0.25) is 14.4 Å². The number of aromatic nitrogens is 3. The maximum atomic E-state index is 12.5. The van der Waals surface area contributed by atoms with Crippen LogP contribution in [0.4, 0.5) is 11.6 Å². The van der Waals surface area contributed by atoms with Crippen molar-refractivity contribution in [3.8, 4) is 0 Å². The van der Waals surface area contributed by atoms with Crippen molar-refractivity contribution in [1.29, 1.82) is 0 Å². The number of sulfonamides is 1. The van der Waals surface area contributed by atoms with Crippen LogP contribution in [0.25, 0.3) is 0 Å². The normalized spacial score (nSPS) is 11.3. The van der Waals surface area contributed by atoms with Crippen LogP contribution in [0.5, 0.6) is 0 Å². The summed E-state index contributed by atoms with van der Waals surface area (Å²) in [6, 6.07) is 14.4. The molecule has 0 spiro atoms. The fourth-order valence-corrected chi connectivity index (χ4v) is 4.42. The van der Waals surface area contributed by atoms with E-state index in [-0.39, 0.29) is 12.5 Å². The summed E-state index contributed by atoms with van der Waals surface area (Å²) in [4.78, 5) is 16.7. The number of hydrogen-bond acceptors (Lipinski definition) is 6. The number of H-pyrrole nitrogens is 1. The van der Waals surface area contributed by atoms with E-state index in [0.717, 1.165) is 21.7 Å². The van der Waals surface area contributed by atoms with Gasteiger partial charge in [0.05, 0.1) is 11.9 Å². The number of nitrogens with zero attached hydrogens (tertiary/aromatic N) is 3. The Labute approximate surface area is 184 Å². The Hall–Kier alpha value is -2.56. The molecule has 1 amide bonds. The van der Waals surface area contributed by atoms with E-state index in [9.17, 15) is 13.2 Å². The second-order valence-electron chi connectivity index (χ2n) is 6.49. The summed E-state index contributed by atoms with van der Waals surface area (Å²) in [7, 11) is -3.65. The third-order valence-corrected chi connectivity index (χ3v) is 6.37. The average Bonchev–Trinajstić information content (AvgIpc) is 3.13. The standard InChI is InChI=1S/C19H20ClN5O3S2/c1-13-5-3-4-6-16(13)25(30(2,27)28)11-17(26)21-18-22-19(24-23-18)29-12-14-7-9-15(20)10-8-14/h3-10H,11-12H2,1-2H3,(H2,21,22,23,24,26). The Morgan fingerprint density at radius 1 is 1.20 bits per heavy atom. The number of rotatable bonds is 8. The lowest BCUT2D eigenvalue weighted by Crippen LogP contribution is -2.38. The quantitative estimate of drug-likeness (QED) is 0.493. The molecule has 1 aromatic heterocycles. The molecule has 0 saturated carbocycles. The number of anilines is 2. The fraction of sp³-hybridized carbons (Fsp3) is 0.211. The SMILES string of the molecule is Cc1ccccc1N(CC(=O)Nc1nc(SCc2ccc(Cl)cc2)n[nH]1)S(C)(=O)=O. The molecule has 0 fully saturated rings. The number of carbonyl (C=O) groups excluding carboxylic acids is 1. The molecule has 0 atom stereocenters. The van der Waals surface area contributed by atoms with Crippen molar-refractivity contribution in [3.63, 3.8) is 0 Å². The maximum Gasteiger partial charge on any atom is 0.247 e. The second kappa shape index (κ2) is 9.50. The Balaban J connectivity index is 1.62. The predicted molar refractivity (Wildman–Crippen MR) is 119 cm³/mol. The van der Waals surface area contributed by atoms with Gasteiger partial charge >= 0.3 is 0 Å². The molecule has 0 radical (unpaired) electrons. The van der Waals surface area contributed by atoms with Crippen molar-refractivity contribution in [3.05, 3.63) is 64.7 Å². The lowest BCUT2D eigenvalue weighted by Gasteiger charge is -2.23. The largest absolute Gasteiger partial charge is 0.293 e. The lowest BCUT2D eigenvalue weighted by molar-refractivity contribution is -0.114. The molecule has 8 nitrogen and oxygen atoms in total. The first-order valence-electron chi connectivity index (χ1n) is 8.85. The van der Waals surface area contributed by atoms with E-state index in [2.05, 4.69) is 20.5 Å². The van der Waals surface area contributed by atoms with Gasteiger partial charge in [0, 0.05) is 10.8 Å². The Morgan fingerprint density at radius 2 is 1.90 bits per heavy atom. The molecule has 0 bridgehead atoms. The van der Waals surface area contributed by atoms with Crippen molar-refractivity contribution >= 4 is 50.9 Å². The molecule has 0 aliphatic rings. The first kappa shape index (κ1) is 22.1. The van der Waals surface area contributed by atoms with E-state index < -0.39 is 15.9 Å². The molecule has 2 N–H and O–H groups in total. The third kappa shape index (κ3) is 5.97. The fourth-order valence-electron chi connectivity index (χ4n) is 2.62. The van der Waals surface area contributed by atoms with E-state index in [1.165, 1.54) is 11.8 Å². The van der Waals surface area contributed by atoms with E-state index in [4.69, 9.17) is 11.6 Å². The zero-order valence-corrected chi connectivity index (χ0v) is 18.7. The number of thioether (sulfide) groups is 1. The highest BCUT2D eigenvalue weighted by Crippen LogP contribution is 2.23. The molecule has 0 saturated heterocycles. The van der Waals surface area contributed by atoms with Crippen molar-refractivity contribution in [1.82, 2.24) is 15.2 Å². The summed E-state index contributed by atoms with van der Waals surface area (Å²) in [6.45, 7) is 1.41. The summed E-state index contributed by atoms with van der Waals surface area (Å²) in [5, 5.41) is 10.4. The lowest BCUT2D eigenvalue weighted by atomic mass is 10.2. The minimum Gasteiger partial charge on any atom is -0.293 e. The molecular formula is C19H20ClN5O3S2. The van der Waals surface area contributed by atoms with Crippen molar-refractivity contribution < 1.29 is 13.2 Å². The van der Waals surface area contributed by atoms with Crippen LogP contribution < -0.4 is 9.62 Å². The van der Waals surface area contributed by atoms with Crippen molar-refractivity contribution in [2.75, 3.05) is 22.4 Å². The number of carbonyl (C=O) groups is 1. The van der Waals surface area contributed by atoms with E-state index in [1.807, 2.05) is 24.3 Å². The Bertz CT molecular complexity index is 1130. The summed E-state index contributed by atoms with van der Waals surface area (Å²) < 4.78 is 25.5. The van der Waals surface area contributed by atoms with Gasteiger partial charge in [-0.2, -0.15) is 4.98 Å². The molecule has 11 heteroatoms. The van der Waals surface area contributed by atoms with E-state index in [0.29, 0.717) is 21.6 Å². The number of aryl methyl sites for hydroxylation is 1. The molecule has 3 aromatic rings. The van der Waals surface area contributed by atoms with Gasteiger partial charge in [0.1, 0.15) is 6.54 Å². The highest BCUT2D eigenvalue weighted by Gasteiger charge is 2.22. The molecular weight excluding hydrogens is 446 g/mol. The van der Waals surface area contributed by atoms with Crippen LogP contribution in [0.3, 0.4) is 0 Å². The minimum absolute atomic E-state index is 0.150. The van der Waals surface area contributed by atoms with Gasteiger partial charge in [-0.05, 0) is 36.2 Å². The van der Waals surface area contributed by atoms with Crippen LogP contribution in [0, 0.1) is 6.92 Å². The van der Waals surface area contributed by atoms with Crippen LogP contribution >= 0.6 is 23.4 Å². The molecule has 158 valence electrons. The molecule has 1 heterocycles. The molecule has 0 unspecified atom stereocenters. The van der Waals surface area contributed by atoms with Crippen molar-refractivity contribution in [2.24, 2.45) is 0 Å².